The number of nitrogens with zero attached hydrogens (tertiary/aromatic N) is 1. The van der Waals surface area contributed by atoms with Crippen LogP contribution in [0.3, 0.4) is 0 Å². The van der Waals surface area contributed by atoms with Crippen molar-refractivity contribution in [3.8, 4) is 11.1 Å². The fraction of sp³-hybridized carbons (Fsp3) is 0.423. The van der Waals surface area contributed by atoms with Crippen molar-refractivity contribution in [2.45, 2.75) is 70.9 Å². The SMILES string of the molecule is CCCC(=O)N1Cc2cccc3c2-c2c(cc(C)cc2C3(CCC(=O)O)CCC(=O)O)C1. The molecule has 0 atom stereocenters. The van der Waals surface area contributed by atoms with Gasteiger partial charge in [-0.25, -0.2) is 0 Å². The number of aliphatic carboxylic acids is 2. The third kappa shape index (κ3) is 3.68. The highest BCUT2D eigenvalue weighted by atomic mass is 16.4. The monoisotopic (exact) mass is 435 g/mol. The van der Waals surface area contributed by atoms with Crippen LogP contribution in [0.15, 0.2) is 30.3 Å². The molecule has 2 aliphatic rings. The number of hydrogen-bond acceptors (Lipinski definition) is 3. The number of carboxylic acids is 2. The van der Waals surface area contributed by atoms with E-state index >= 15 is 0 Å². The summed E-state index contributed by atoms with van der Waals surface area (Å²) in [6, 6.07) is 10.2. The number of carbonyl (C=O) groups is 3. The summed E-state index contributed by atoms with van der Waals surface area (Å²) in [5.74, 6) is -1.65. The Morgan fingerprint density at radius 3 is 2.16 bits per heavy atom. The van der Waals surface area contributed by atoms with Crippen molar-refractivity contribution in [1.29, 1.82) is 0 Å². The van der Waals surface area contributed by atoms with Crippen LogP contribution in [-0.2, 0) is 32.9 Å². The van der Waals surface area contributed by atoms with E-state index in [4.69, 9.17) is 0 Å². The maximum absolute atomic E-state index is 12.8. The molecule has 0 unspecified atom stereocenters. The molecule has 4 rings (SSSR count). The molecule has 0 bridgehead atoms. The van der Waals surface area contributed by atoms with Crippen molar-refractivity contribution in [3.63, 3.8) is 0 Å². The highest BCUT2D eigenvalue weighted by Crippen LogP contribution is 2.57. The van der Waals surface area contributed by atoms with Crippen LogP contribution in [-0.4, -0.2) is 33.0 Å². The van der Waals surface area contributed by atoms with Gasteiger partial charge in [-0.05, 0) is 59.6 Å². The summed E-state index contributed by atoms with van der Waals surface area (Å²) in [7, 11) is 0. The molecule has 0 spiro atoms. The van der Waals surface area contributed by atoms with Crippen molar-refractivity contribution in [2.75, 3.05) is 0 Å². The minimum Gasteiger partial charge on any atom is -0.481 e. The molecule has 0 saturated carbocycles. The third-order valence-electron chi connectivity index (χ3n) is 6.87. The molecule has 0 saturated heterocycles. The van der Waals surface area contributed by atoms with Gasteiger partial charge in [0.05, 0.1) is 0 Å². The summed E-state index contributed by atoms with van der Waals surface area (Å²) in [5.41, 5.74) is 6.64. The fourth-order valence-electron chi connectivity index (χ4n) is 5.55. The number of benzene rings is 2. The number of aryl methyl sites for hydroxylation is 1. The molecule has 2 N–H and O–H groups in total. The van der Waals surface area contributed by atoms with Gasteiger partial charge in [-0.2, -0.15) is 0 Å². The molecule has 2 aromatic rings. The summed E-state index contributed by atoms with van der Waals surface area (Å²) in [5, 5.41) is 18.9. The van der Waals surface area contributed by atoms with Gasteiger partial charge in [0.1, 0.15) is 0 Å². The maximum atomic E-state index is 12.8. The molecule has 0 radical (unpaired) electrons. The van der Waals surface area contributed by atoms with E-state index in [0.717, 1.165) is 45.4 Å². The zero-order valence-corrected chi connectivity index (χ0v) is 18.6. The molecule has 1 aliphatic carbocycles. The molecule has 6 nitrogen and oxygen atoms in total. The second-order valence-electron chi connectivity index (χ2n) is 9.06. The summed E-state index contributed by atoms with van der Waals surface area (Å²) < 4.78 is 0. The number of carboxylic acid groups (broad SMARTS) is 2. The second kappa shape index (κ2) is 8.41. The van der Waals surface area contributed by atoms with Crippen molar-refractivity contribution in [1.82, 2.24) is 4.90 Å². The molecular formula is C26H29NO5. The van der Waals surface area contributed by atoms with Crippen molar-refractivity contribution >= 4 is 17.8 Å². The molecule has 2 aromatic carbocycles. The number of amides is 1. The number of carbonyl (C=O) groups excluding carboxylic acids is 1. The zero-order valence-electron chi connectivity index (χ0n) is 18.6. The predicted octanol–water partition coefficient (Wildman–Crippen LogP) is 4.63. The van der Waals surface area contributed by atoms with Crippen LogP contribution in [0.25, 0.3) is 11.1 Å². The summed E-state index contributed by atoms with van der Waals surface area (Å²) in [6.07, 6.45) is 1.92. The van der Waals surface area contributed by atoms with E-state index in [2.05, 4.69) is 12.1 Å². The van der Waals surface area contributed by atoms with Gasteiger partial charge in [0.25, 0.3) is 0 Å². The Balaban J connectivity index is 1.95. The first-order valence-corrected chi connectivity index (χ1v) is 11.2. The van der Waals surface area contributed by atoms with Crippen molar-refractivity contribution in [2.24, 2.45) is 0 Å². The van der Waals surface area contributed by atoms with Crippen LogP contribution in [0.5, 0.6) is 0 Å². The number of hydrogen-bond donors (Lipinski definition) is 2. The lowest BCUT2D eigenvalue weighted by atomic mass is 9.70. The molecule has 32 heavy (non-hydrogen) atoms. The topological polar surface area (TPSA) is 94.9 Å². The van der Waals surface area contributed by atoms with Crippen LogP contribution in [0.4, 0.5) is 0 Å². The van der Waals surface area contributed by atoms with Crippen LogP contribution < -0.4 is 0 Å². The zero-order chi connectivity index (χ0) is 23.0. The van der Waals surface area contributed by atoms with E-state index in [1.165, 1.54) is 0 Å². The molecule has 1 aliphatic heterocycles. The Labute approximate surface area is 187 Å². The Morgan fingerprint density at radius 1 is 0.906 bits per heavy atom. The van der Waals surface area contributed by atoms with Gasteiger partial charge in [0.15, 0.2) is 0 Å². The van der Waals surface area contributed by atoms with E-state index in [1.54, 1.807) is 0 Å². The summed E-state index contributed by atoms with van der Waals surface area (Å²) >= 11 is 0. The van der Waals surface area contributed by atoms with E-state index in [-0.39, 0.29) is 18.7 Å². The van der Waals surface area contributed by atoms with Crippen molar-refractivity contribution < 1.29 is 24.6 Å². The summed E-state index contributed by atoms with van der Waals surface area (Å²) in [6.45, 7) is 5.01. The van der Waals surface area contributed by atoms with Gasteiger partial charge < -0.3 is 15.1 Å². The largest absolute Gasteiger partial charge is 0.481 e. The first kappa shape index (κ1) is 22.1. The van der Waals surface area contributed by atoms with Gasteiger partial charge >= 0.3 is 11.9 Å². The molecule has 168 valence electrons. The lowest BCUT2D eigenvalue weighted by Gasteiger charge is -2.33. The minimum absolute atomic E-state index is 0.0346. The molecule has 1 heterocycles. The first-order chi connectivity index (χ1) is 15.3. The molecule has 0 aromatic heterocycles. The fourth-order valence-corrected chi connectivity index (χ4v) is 5.55. The predicted molar refractivity (Wildman–Crippen MR) is 120 cm³/mol. The average Bonchev–Trinajstić information content (AvgIpc) is 2.89. The van der Waals surface area contributed by atoms with Crippen LogP contribution in [0.2, 0.25) is 0 Å². The smallest absolute Gasteiger partial charge is 0.303 e. The van der Waals surface area contributed by atoms with Gasteiger partial charge in [-0.3, -0.25) is 14.4 Å². The van der Waals surface area contributed by atoms with Gasteiger partial charge in [0, 0.05) is 37.8 Å². The normalized spacial score (nSPS) is 15.2. The standard InChI is InChI=1S/C26H29NO5/c1-3-5-21(28)27-14-17-6-4-7-19-24(17)25-18(15-27)12-16(2)13-20(25)26(19,10-8-22(29)30)11-9-23(31)32/h4,6-7,12-13H,3,5,8-11,14-15H2,1-2H3,(H,29,30)(H,31,32). The highest BCUT2D eigenvalue weighted by molar-refractivity contribution is 5.88. The second-order valence-corrected chi connectivity index (χ2v) is 9.06. The molecule has 1 amide bonds. The Bertz CT molecular complexity index is 1090. The Hall–Kier alpha value is -3.15. The average molecular weight is 436 g/mol. The summed E-state index contributed by atoms with van der Waals surface area (Å²) in [4.78, 5) is 37.8. The minimum atomic E-state index is -0.887. The van der Waals surface area contributed by atoms with E-state index in [0.29, 0.717) is 32.4 Å². The Morgan fingerprint density at radius 2 is 1.53 bits per heavy atom. The maximum Gasteiger partial charge on any atom is 0.303 e. The molecule has 0 fully saturated rings. The number of rotatable bonds is 8. The van der Waals surface area contributed by atoms with Crippen molar-refractivity contribution in [3.05, 3.63) is 58.1 Å². The molecule has 6 heteroatoms. The van der Waals surface area contributed by atoms with Gasteiger partial charge in [-0.1, -0.05) is 42.8 Å². The molecular weight excluding hydrogens is 406 g/mol. The van der Waals surface area contributed by atoms with Crippen LogP contribution in [0, 0.1) is 6.92 Å². The van der Waals surface area contributed by atoms with E-state index in [9.17, 15) is 24.6 Å². The van der Waals surface area contributed by atoms with E-state index in [1.807, 2.05) is 36.9 Å². The van der Waals surface area contributed by atoms with E-state index < -0.39 is 17.4 Å². The Kier molecular flexibility index (Phi) is 5.80. The first-order valence-electron chi connectivity index (χ1n) is 11.2. The third-order valence-corrected chi connectivity index (χ3v) is 6.87. The lowest BCUT2D eigenvalue weighted by molar-refractivity contribution is -0.137. The van der Waals surface area contributed by atoms with Crippen LogP contribution >= 0.6 is 0 Å². The quantitative estimate of drug-likeness (QED) is 0.630. The van der Waals surface area contributed by atoms with Gasteiger partial charge in [-0.15, -0.1) is 0 Å². The van der Waals surface area contributed by atoms with Crippen LogP contribution in [0.1, 0.15) is 73.3 Å². The van der Waals surface area contributed by atoms with Gasteiger partial charge in [0.2, 0.25) is 5.91 Å². The lowest BCUT2D eigenvalue weighted by Crippen LogP contribution is -2.31. The highest BCUT2D eigenvalue weighted by Gasteiger charge is 2.46.